The van der Waals surface area contributed by atoms with Gasteiger partial charge in [-0.15, -0.1) is 0 Å². The molecule has 0 saturated carbocycles. The predicted molar refractivity (Wildman–Crippen MR) is 63.5 cm³/mol. The summed E-state index contributed by atoms with van der Waals surface area (Å²) in [5.41, 5.74) is 1.57. The van der Waals surface area contributed by atoms with Crippen molar-refractivity contribution >= 4 is 17.5 Å². The van der Waals surface area contributed by atoms with Gasteiger partial charge in [-0.05, 0) is 24.5 Å². The predicted octanol–water partition coefficient (Wildman–Crippen LogP) is 3.21. The highest BCUT2D eigenvalue weighted by molar-refractivity contribution is 6.34. The third kappa shape index (κ3) is 2.72. The monoisotopic (exact) mass is 225 g/mol. The van der Waals surface area contributed by atoms with E-state index in [0.717, 1.165) is 5.56 Å². The van der Waals surface area contributed by atoms with E-state index in [1.54, 1.807) is 6.07 Å². The molecule has 0 aliphatic heterocycles. The van der Waals surface area contributed by atoms with Crippen LogP contribution in [0.1, 0.15) is 42.6 Å². The maximum absolute atomic E-state index is 11.6. The molecule has 3 heteroatoms. The smallest absolute Gasteiger partial charge is 0.252 e. The van der Waals surface area contributed by atoms with Gasteiger partial charge >= 0.3 is 0 Å². The third-order valence-corrected chi connectivity index (χ3v) is 2.65. The Balaban J connectivity index is 3.09. The lowest BCUT2D eigenvalue weighted by Crippen LogP contribution is -2.23. The molecular weight excluding hydrogens is 210 g/mol. The zero-order valence-corrected chi connectivity index (χ0v) is 10.1. The van der Waals surface area contributed by atoms with E-state index in [1.807, 2.05) is 19.1 Å². The first kappa shape index (κ1) is 12.1. The van der Waals surface area contributed by atoms with E-state index in [0.29, 0.717) is 23.0 Å². The number of amides is 1. The lowest BCUT2D eigenvalue weighted by Gasteiger charge is -2.11. The van der Waals surface area contributed by atoms with Crippen molar-refractivity contribution in [3.8, 4) is 0 Å². The Labute approximate surface area is 95.6 Å². The van der Waals surface area contributed by atoms with Gasteiger partial charge in [0, 0.05) is 6.54 Å². The summed E-state index contributed by atoms with van der Waals surface area (Å²) >= 11 is 6.17. The number of carbonyl (C=O) groups excluding carboxylic acids is 1. The molecular formula is C12H16ClNO. The van der Waals surface area contributed by atoms with E-state index >= 15 is 0 Å². The van der Waals surface area contributed by atoms with Crippen LogP contribution in [-0.2, 0) is 0 Å². The molecule has 1 rings (SSSR count). The van der Waals surface area contributed by atoms with Crippen molar-refractivity contribution in [2.45, 2.75) is 26.7 Å². The average Bonchev–Trinajstić information content (AvgIpc) is 2.17. The minimum Gasteiger partial charge on any atom is -0.352 e. The number of hydrogen-bond donors (Lipinski definition) is 1. The molecule has 1 amide bonds. The highest BCUT2D eigenvalue weighted by Crippen LogP contribution is 2.27. The van der Waals surface area contributed by atoms with Crippen LogP contribution < -0.4 is 5.32 Å². The van der Waals surface area contributed by atoms with Crippen LogP contribution in [0.2, 0.25) is 5.02 Å². The van der Waals surface area contributed by atoms with Crippen molar-refractivity contribution in [1.29, 1.82) is 0 Å². The van der Waals surface area contributed by atoms with Crippen LogP contribution >= 0.6 is 11.6 Å². The molecule has 0 radical (unpaired) electrons. The van der Waals surface area contributed by atoms with Crippen LogP contribution in [0.5, 0.6) is 0 Å². The number of nitrogens with one attached hydrogen (secondary N) is 1. The van der Waals surface area contributed by atoms with E-state index < -0.39 is 0 Å². The van der Waals surface area contributed by atoms with Crippen molar-refractivity contribution in [3.63, 3.8) is 0 Å². The Hall–Kier alpha value is -1.02. The van der Waals surface area contributed by atoms with Crippen molar-refractivity contribution in [2.75, 3.05) is 6.54 Å². The molecule has 0 bridgehead atoms. The van der Waals surface area contributed by atoms with E-state index in [4.69, 9.17) is 11.6 Å². The molecule has 0 unspecified atom stereocenters. The summed E-state index contributed by atoms with van der Waals surface area (Å²) in [5, 5.41) is 3.31. The summed E-state index contributed by atoms with van der Waals surface area (Å²) in [4.78, 5) is 11.6. The zero-order valence-electron chi connectivity index (χ0n) is 9.30. The standard InChI is InChI=1S/C12H16ClNO/c1-4-14-12(15)10-7-5-6-9(8(2)3)11(10)13/h5-8H,4H2,1-3H3,(H,14,15). The molecule has 15 heavy (non-hydrogen) atoms. The van der Waals surface area contributed by atoms with E-state index in [9.17, 15) is 4.79 Å². The first-order chi connectivity index (χ1) is 7.07. The fourth-order valence-corrected chi connectivity index (χ4v) is 1.86. The second-order valence-electron chi connectivity index (χ2n) is 3.72. The minimum absolute atomic E-state index is 0.106. The van der Waals surface area contributed by atoms with Crippen LogP contribution in [0.4, 0.5) is 0 Å². The molecule has 1 aromatic carbocycles. The zero-order chi connectivity index (χ0) is 11.4. The normalized spacial score (nSPS) is 10.5. The fourth-order valence-electron chi connectivity index (χ4n) is 1.43. The quantitative estimate of drug-likeness (QED) is 0.841. The maximum Gasteiger partial charge on any atom is 0.252 e. The first-order valence-electron chi connectivity index (χ1n) is 5.14. The largest absolute Gasteiger partial charge is 0.352 e. The SMILES string of the molecule is CCNC(=O)c1cccc(C(C)C)c1Cl. The Bertz CT molecular complexity index is 361. The van der Waals surface area contributed by atoms with Crippen molar-refractivity contribution < 1.29 is 4.79 Å². The Morgan fingerprint density at radius 3 is 2.67 bits per heavy atom. The summed E-state index contributed by atoms with van der Waals surface area (Å²) in [6.45, 7) is 6.62. The van der Waals surface area contributed by atoms with Gasteiger partial charge in [0.25, 0.3) is 5.91 Å². The second-order valence-corrected chi connectivity index (χ2v) is 4.10. The fraction of sp³-hybridized carbons (Fsp3) is 0.417. The molecule has 0 atom stereocenters. The molecule has 0 spiro atoms. The van der Waals surface area contributed by atoms with Gasteiger partial charge in [0.2, 0.25) is 0 Å². The molecule has 1 aromatic rings. The van der Waals surface area contributed by atoms with Gasteiger partial charge in [-0.3, -0.25) is 4.79 Å². The van der Waals surface area contributed by atoms with Gasteiger partial charge in [-0.2, -0.15) is 0 Å². The second kappa shape index (κ2) is 5.17. The molecule has 0 fully saturated rings. The third-order valence-electron chi connectivity index (χ3n) is 2.23. The Morgan fingerprint density at radius 2 is 2.13 bits per heavy atom. The molecule has 0 heterocycles. The molecule has 2 nitrogen and oxygen atoms in total. The summed E-state index contributed by atoms with van der Waals surface area (Å²) in [7, 11) is 0. The molecule has 82 valence electrons. The van der Waals surface area contributed by atoms with Gasteiger partial charge in [0.15, 0.2) is 0 Å². The van der Waals surface area contributed by atoms with Gasteiger partial charge in [-0.25, -0.2) is 0 Å². The molecule has 0 aromatic heterocycles. The van der Waals surface area contributed by atoms with Crippen LogP contribution in [0.3, 0.4) is 0 Å². The Morgan fingerprint density at radius 1 is 1.47 bits per heavy atom. The number of hydrogen-bond acceptors (Lipinski definition) is 1. The lowest BCUT2D eigenvalue weighted by molar-refractivity contribution is 0.0956. The number of benzene rings is 1. The van der Waals surface area contributed by atoms with Crippen LogP contribution in [0.25, 0.3) is 0 Å². The molecule has 0 aliphatic carbocycles. The van der Waals surface area contributed by atoms with Crippen molar-refractivity contribution in [1.82, 2.24) is 5.32 Å². The van der Waals surface area contributed by atoms with Crippen molar-refractivity contribution in [3.05, 3.63) is 34.3 Å². The highest BCUT2D eigenvalue weighted by atomic mass is 35.5. The van der Waals surface area contributed by atoms with Gasteiger partial charge in [0.1, 0.15) is 0 Å². The van der Waals surface area contributed by atoms with Crippen molar-refractivity contribution in [2.24, 2.45) is 0 Å². The summed E-state index contributed by atoms with van der Waals surface area (Å²) in [6, 6.07) is 5.57. The minimum atomic E-state index is -0.106. The van der Waals surface area contributed by atoms with Gasteiger partial charge in [0.05, 0.1) is 10.6 Å². The molecule has 0 aliphatic rings. The van der Waals surface area contributed by atoms with E-state index in [-0.39, 0.29) is 5.91 Å². The molecule has 1 N–H and O–H groups in total. The highest BCUT2D eigenvalue weighted by Gasteiger charge is 2.13. The Kier molecular flexibility index (Phi) is 4.15. The van der Waals surface area contributed by atoms with E-state index in [2.05, 4.69) is 19.2 Å². The average molecular weight is 226 g/mol. The maximum atomic E-state index is 11.6. The van der Waals surface area contributed by atoms with Gasteiger partial charge < -0.3 is 5.32 Å². The summed E-state index contributed by atoms with van der Waals surface area (Å²) < 4.78 is 0. The topological polar surface area (TPSA) is 29.1 Å². The van der Waals surface area contributed by atoms with Crippen LogP contribution in [0, 0.1) is 0 Å². The summed E-state index contributed by atoms with van der Waals surface area (Å²) in [5.74, 6) is 0.219. The number of carbonyl (C=O) groups is 1. The van der Waals surface area contributed by atoms with Crippen LogP contribution in [-0.4, -0.2) is 12.5 Å². The van der Waals surface area contributed by atoms with E-state index in [1.165, 1.54) is 0 Å². The first-order valence-corrected chi connectivity index (χ1v) is 5.52. The van der Waals surface area contributed by atoms with Gasteiger partial charge in [-0.1, -0.05) is 37.6 Å². The lowest BCUT2D eigenvalue weighted by atomic mass is 10.0. The number of rotatable bonds is 3. The molecule has 0 saturated heterocycles. The summed E-state index contributed by atoms with van der Waals surface area (Å²) in [6.07, 6.45) is 0. The van der Waals surface area contributed by atoms with Crippen LogP contribution in [0.15, 0.2) is 18.2 Å². The number of halogens is 1.